The number of halogens is 2. The van der Waals surface area contributed by atoms with Crippen LogP contribution in [0.15, 0.2) is 30.5 Å². The summed E-state index contributed by atoms with van der Waals surface area (Å²) in [5.41, 5.74) is 2.33. The zero-order valence-corrected chi connectivity index (χ0v) is 13.2. The van der Waals surface area contributed by atoms with Crippen molar-refractivity contribution in [2.24, 2.45) is 0 Å². The van der Waals surface area contributed by atoms with Crippen LogP contribution in [0, 0.1) is 3.57 Å². The van der Waals surface area contributed by atoms with Gasteiger partial charge in [0.25, 0.3) is 0 Å². The third-order valence-corrected chi connectivity index (χ3v) is 4.12. The van der Waals surface area contributed by atoms with Crippen LogP contribution in [0.2, 0.25) is 5.02 Å². The predicted octanol–water partition coefficient (Wildman–Crippen LogP) is 3.47. The fourth-order valence-corrected chi connectivity index (χ4v) is 2.88. The molecule has 0 radical (unpaired) electrons. The van der Waals surface area contributed by atoms with Crippen LogP contribution >= 0.6 is 34.2 Å². The second-order valence-electron chi connectivity index (χ2n) is 3.96. The molecule has 3 nitrogen and oxygen atoms in total. The maximum absolute atomic E-state index is 6.10. The standard InChI is InChI=1S/C13H15ClIN3/c1-3-18-12(6-7-17-18)13(16-2)10-8-9(14)4-5-11(10)15/h4-8,13,16H,3H2,1-2H3. The molecule has 0 saturated carbocycles. The lowest BCUT2D eigenvalue weighted by molar-refractivity contribution is 0.562. The zero-order chi connectivity index (χ0) is 13.1. The van der Waals surface area contributed by atoms with E-state index in [0.717, 1.165) is 17.3 Å². The molecule has 1 N–H and O–H groups in total. The van der Waals surface area contributed by atoms with Gasteiger partial charge in [0, 0.05) is 21.3 Å². The van der Waals surface area contributed by atoms with E-state index in [1.807, 2.05) is 42.2 Å². The van der Waals surface area contributed by atoms with Crippen molar-refractivity contribution in [3.8, 4) is 0 Å². The van der Waals surface area contributed by atoms with Crippen LogP contribution in [0.4, 0.5) is 0 Å². The monoisotopic (exact) mass is 375 g/mol. The minimum Gasteiger partial charge on any atom is -0.308 e. The molecule has 1 unspecified atom stereocenters. The first-order chi connectivity index (χ1) is 8.67. The van der Waals surface area contributed by atoms with Crippen LogP contribution in [0.1, 0.15) is 24.2 Å². The van der Waals surface area contributed by atoms with Crippen molar-refractivity contribution in [3.05, 3.63) is 50.3 Å². The van der Waals surface area contributed by atoms with Gasteiger partial charge in [-0.05, 0) is 66.4 Å². The Labute approximate surface area is 126 Å². The van der Waals surface area contributed by atoms with Crippen LogP contribution in [-0.4, -0.2) is 16.8 Å². The average Bonchev–Trinajstić information content (AvgIpc) is 2.83. The summed E-state index contributed by atoms with van der Waals surface area (Å²) >= 11 is 8.44. The van der Waals surface area contributed by atoms with E-state index in [-0.39, 0.29) is 6.04 Å². The fourth-order valence-electron chi connectivity index (χ4n) is 2.05. The van der Waals surface area contributed by atoms with E-state index in [0.29, 0.717) is 0 Å². The van der Waals surface area contributed by atoms with Gasteiger partial charge in [-0.15, -0.1) is 0 Å². The third-order valence-electron chi connectivity index (χ3n) is 2.90. The third kappa shape index (κ3) is 2.70. The Morgan fingerprint density at radius 1 is 1.44 bits per heavy atom. The van der Waals surface area contributed by atoms with Crippen molar-refractivity contribution in [3.63, 3.8) is 0 Å². The summed E-state index contributed by atoms with van der Waals surface area (Å²) in [6.45, 7) is 2.95. The van der Waals surface area contributed by atoms with E-state index in [9.17, 15) is 0 Å². The summed E-state index contributed by atoms with van der Waals surface area (Å²) in [7, 11) is 1.95. The van der Waals surface area contributed by atoms with Gasteiger partial charge in [0.15, 0.2) is 0 Å². The lowest BCUT2D eigenvalue weighted by Gasteiger charge is -2.19. The molecule has 0 fully saturated rings. The van der Waals surface area contributed by atoms with Gasteiger partial charge in [-0.25, -0.2) is 0 Å². The van der Waals surface area contributed by atoms with E-state index in [1.165, 1.54) is 9.13 Å². The molecule has 1 aromatic heterocycles. The van der Waals surface area contributed by atoms with Gasteiger partial charge in [0.05, 0.1) is 11.7 Å². The van der Waals surface area contributed by atoms with Crippen molar-refractivity contribution < 1.29 is 0 Å². The molecule has 0 amide bonds. The Hall–Kier alpha value is -0.590. The number of hydrogen-bond acceptors (Lipinski definition) is 2. The number of nitrogens with zero attached hydrogens (tertiary/aromatic N) is 2. The van der Waals surface area contributed by atoms with Crippen LogP contribution in [0.25, 0.3) is 0 Å². The Bertz CT molecular complexity index is 539. The van der Waals surface area contributed by atoms with E-state index in [2.05, 4.69) is 39.9 Å². The number of aryl methyl sites for hydroxylation is 1. The summed E-state index contributed by atoms with van der Waals surface area (Å²) in [4.78, 5) is 0. The van der Waals surface area contributed by atoms with Crippen LogP contribution in [0.5, 0.6) is 0 Å². The molecule has 0 saturated heterocycles. The van der Waals surface area contributed by atoms with Gasteiger partial charge in [0.1, 0.15) is 0 Å². The highest BCUT2D eigenvalue weighted by Crippen LogP contribution is 2.28. The van der Waals surface area contributed by atoms with Crippen LogP contribution in [-0.2, 0) is 6.54 Å². The molecule has 1 heterocycles. The molecular formula is C13H15ClIN3. The molecule has 1 aromatic carbocycles. The fraction of sp³-hybridized carbons (Fsp3) is 0.308. The smallest absolute Gasteiger partial charge is 0.0756 e. The minimum atomic E-state index is 0.109. The Kier molecular flexibility index (Phi) is 4.64. The van der Waals surface area contributed by atoms with Gasteiger partial charge < -0.3 is 5.32 Å². The van der Waals surface area contributed by atoms with Crippen LogP contribution in [0.3, 0.4) is 0 Å². The highest BCUT2D eigenvalue weighted by atomic mass is 127. The maximum Gasteiger partial charge on any atom is 0.0756 e. The van der Waals surface area contributed by atoms with Crippen molar-refractivity contribution >= 4 is 34.2 Å². The number of hydrogen-bond donors (Lipinski definition) is 1. The van der Waals surface area contributed by atoms with Gasteiger partial charge in [-0.1, -0.05) is 11.6 Å². The van der Waals surface area contributed by atoms with Crippen molar-refractivity contribution in [1.82, 2.24) is 15.1 Å². The molecule has 0 aliphatic heterocycles. The van der Waals surface area contributed by atoms with Crippen molar-refractivity contribution in [1.29, 1.82) is 0 Å². The van der Waals surface area contributed by atoms with E-state index in [4.69, 9.17) is 11.6 Å². The molecule has 0 bridgehead atoms. The molecule has 5 heteroatoms. The van der Waals surface area contributed by atoms with E-state index >= 15 is 0 Å². The summed E-state index contributed by atoms with van der Waals surface area (Å²) in [5, 5.41) is 8.42. The van der Waals surface area contributed by atoms with Gasteiger partial charge in [0.2, 0.25) is 0 Å². The maximum atomic E-state index is 6.10. The second kappa shape index (κ2) is 6.04. The first-order valence-electron chi connectivity index (χ1n) is 5.81. The quantitative estimate of drug-likeness (QED) is 0.829. The molecule has 18 heavy (non-hydrogen) atoms. The Balaban J connectivity index is 2.48. The molecule has 1 atom stereocenters. The van der Waals surface area contributed by atoms with E-state index < -0.39 is 0 Å². The highest BCUT2D eigenvalue weighted by Gasteiger charge is 2.18. The molecule has 0 aliphatic rings. The van der Waals surface area contributed by atoms with Crippen molar-refractivity contribution in [2.45, 2.75) is 19.5 Å². The van der Waals surface area contributed by atoms with Gasteiger partial charge in [-0.2, -0.15) is 5.10 Å². The number of aromatic nitrogens is 2. The summed E-state index contributed by atoms with van der Waals surface area (Å²) in [6.07, 6.45) is 1.83. The lowest BCUT2D eigenvalue weighted by atomic mass is 10.0. The molecule has 2 rings (SSSR count). The highest BCUT2D eigenvalue weighted by molar-refractivity contribution is 14.1. The van der Waals surface area contributed by atoms with Crippen molar-refractivity contribution in [2.75, 3.05) is 7.05 Å². The summed E-state index contributed by atoms with van der Waals surface area (Å²) in [5.74, 6) is 0. The number of nitrogens with one attached hydrogen (secondary N) is 1. The molecule has 0 aliphatic carbocycles. The molecule has 96 valence electrons. The van der Waals surface area contributed by atoms with E-state index in [1.54, 1.807) is 0 Å². The normalized spacial score (nSPS) is 12.7. The SMILES string of the molecule is CCn1nccc1C(NC)c1cc(Cl)ccc1I. The molecule has 2 aromatic rings. The lowest BCUT2D eigenvalue weighted by Crippen LogP contribution is -2.22. The molecular weight excluding hydrogens is 361 g/mol. The van der Waals surface area contributed by atoms with Crippen LogP contribution < -0.4 is 5.32 Å². The van der Waals surface area contributed by atoms with Gasteiger partial charge >= 0.3 is 0 Å². The predicted molar refractivity (Wildman–Crippen MR) is 83.0 cm³/mol. The molecule has 0 spiro atoms. The summed E-state index contributed by atoms with van der Waals surface area (Å²) in [6, 6.07) is 8.11. The largest absolute Gasteiger partial charge is 0.308 e. The number of benzene rings is 1. The minimum absolute atomic E-state index is 0.109. The average molecular weight is 376 g/mol. The second-order valence-corrected chi connectivity index (χ2v) is 5.56. The Morgan fingerprint density at radius 2 is 2.22 bits per heavy atom. The first-order valence-corrected chi connectivity index (χ1v) is 7.27. The zero-order valence-electron chi connectivity index (χ0n) is 10.3. The van der Waals surface area contributed by atoms with Gasteiger partial charge in [-0.3, -0.25) is 4.68 Å². The first kappa shape index (κ1) is 13.8. The topological polar surface area (TPSA) is 29.9 Å². The number of rotatable bonds is 4. The Morgan fingerprint density at radius 3 is 2.89 bits per heavy atom. The summed E-state index contributed by atoms with van der Waals surface area (Å²) < 4.78 is 3.19.